The number of nitrogens with one attached hydrogen (secondary N) is 1. The summed E-state index contributed by atoms with van der Waals surface area (Å²) in [7, 11) is 0. The highest BCUT2D eigenvalue weighted by molar-refractivity contribution is 7.13. The standard InChI is InChI=1S/C21H21F2N5O2S/c22-12-2-1-3-13(23)18(12)21-28-17(9-31-21)20(30)27-16-8-26-5-4-11(16)10-6-14(24)19(29)15(25)7-10/h1-5,8-10,14-15,19,29H,6-7,24-25H2,(H,27,30)/t10-,14+,15-,19-. The van der Waals surface area contributed by atoms with Gasteiger partial charge in [-0.05, 0) is 42.5 Å². The van der Waals surface area contributed by atoms with E-state index in [2.05, 4.69) is 15.3 Å². The molecule has 2 aromatic heterocycles. The van der Waals surface area contributed by atoms with Crippen LogP contribution in [0.5, 0.6) is 0 Å². The number of hydrogen-bond acceptors (Lipinski definition) is 7. The first-order valence-electron chi connectivity index (χ1n) is 9.69. The van der Waals surface area contributed by atoms with Gasteiger partial charge in [-0.3, -0.25) is 9.78 Å². The molecule has 0 bridgehead atoms. The number of rotatable bonds is 4. The molecule has 162 valence electrons. The second kappa shape index (κ2) is 8.75. The van der Waals surface area contributed by atoms with Gasteiger partial charge in [0.15, 0.2) is 0 Å². The summed E-state index contributed by atoms with van der Waals surface area (Å²) < 4.78 is 28.0. The van der Waals surface area contributed by atoms with E-state index in [0.29, 0.717) is 18.5 Å². The van der Waals surface area contributed by atoms with Crippen molar-refractivity contribution >= 4 is 22.9 Å². The van der Waals surface area contributed by atoms with Gasteiger partial charge in [0.25, 0.3) is 5.91 Å². The molecule has 31 heavy (non-hydrogen) atoms. The number of nitrogens with two attached hydrogens (primary N) is 2. The number of carbonyl (C=O) groups is 1. The van der Waals surface area contributed by atoms with Gasteiger partial charge >= 0.3 is 0 Å². The van der Waals surface area contributed by atoms with E-state index in [4.69, 9.17) is 11.5 Å². The Morgan fingerprint density at radius 2 is 1.84 bits per heavy atom. The van der Waals surface area contributed by atoms with Crippen LogP contribution < -0.4 is 16.8 Å². The molecule has 4 rings (SSSR count). The maximum Gasteiger partial charge on any atom is 0.275 e. The van der Waals surface area contributed by atoms with Gasteiger partial charge in [-0.15, -0.1) is 11.3 Å². The summed E-state index contributed by atoms with van der Waals surface area (Å²) in [5.41, 5.74) is 13.1. The van der Waals surface area contributed by atoms with Crippen molar-refractivity contribution in [3.05, 3.63) is 64.9 Å². The molecule has 1 amide bonds. The van der Waals surface area contributed by atoms with E-state index in [1.54, 1.807) is 12.3 Å². The monoisotopic (exact) mass is 445 g/mol. The molecule has 1 aliphatic rings. The Bertz CT molecular complexity index is 1080. The van der Waals surface area contributed by atoms with Crippen LogP contribution in [-0.4, -0.2) is 39.2 Å². The second-order valence-corrected chi connectivity index (χ2v) is 8.40. The molecule has 0 unspecified atom stereocenters. The van der Waals surface area contributed by atoms with Crippen LogP contribution >= 0.6 is 11.3 Å². The van der Waals surface area contributed by atoms with Gasteiger partial charge in [-0.1, -0.05) is 6.07 Å². The van der Waals surface area contributed by atoms with Gasteiger partial charge < -0.3 is 21.9 Å². The number of benzene rings is 1. The number of pyridine rings is 1. The van der Waals surface area contributed by atoms with Crippen LogP contribution in [0, 0.1) is 11.6 Å². The maximum atomic E-state index is 14.0. The average molecular weight is 445 g/mol. The number of aliphatic hydroxyl groups excluding tert-OH is 1. The quantitative estimate of drug-likeness (QED) is 0.489. The number of anilines is 1. The van der Waals surface area contributed by atoms with Crippen LogP contribution in [0.3, 0.4) is 0 Å². The van der Waals surface area contributed by atoms with E-state index in [1.807, 2.05) is 0 Å². The number of aliphatic hydroxyl groups is 1. The Hall–Kier alpha value is -2.79. The molecule has 6 N–H and O–H groups in total. The number of carbonyl (C=O) groups excluding carboxylic acids is 1. The zero-order valence-corrected chi connectivity index (χ0v) is 17.2. The molecule has 0 aliphatic heterocycles. The Balaban J connectivity index is 1.56. The Labute approximate surface area is 181 Å². The molecular weight excluding hydrogens is 424 g/mol. The summed E-state index contributed by atoms with van der Waals surface area (Å²) in [5, 5.41) is 14.3. The summed E-state index contributed by atoms with van der Waals surface area (Å²) in [5.74, 6) is -2.09. The van der Waals surface area contributed by atoms with Crippen LogP contribution in [0.4, 0.5) is 14.5 Å². The number of hydrogen-bond donors (Lipinski definition) is 4. The molecule has 0 radical (unpaired) electrons. The van der Waals surface area contributed by atoms with Crippen molar-refractivity contribution in [3.8, 4) is 10.6 Å². The molecule has 2 heterocycles. The minimum atomic E-state index is -0.775. The fraction of sp³-hybridized carbons (Fsp3) is 0.286. The summed E-state index contributed by atoms with van der Waals surface area (Å²) in [6.07, 6.45) is 3.36. The molecule has 0 spiro atoms. The lowest BCUT2D eigenvalue weighted by Gasteiger charge is -2.36. The minimum absolute atomic E-state index is 0.0323. The first-order valence-corrected chi connectivity index (χ1v) is 10.6. The number of thiazole rings is 1. The summed E-state index contributed by atoms with van der Waals surface area (Å²) in [6.45, 7) is 0. The molecule has 1 fully saturated rings. The van der Waals surface area contributed by atoms with E-state index in [0.717, 1.165) is 29.0 Å². The normalized spacial score (nSPS) is 23.5. The third-order valence-corrected chi connectivity index (χ3v) is 6.31. The van der Waals surface area contributed by atoms with Crippen molar-refractivity contribution in [3.63, 3.8) is 0 Å². The number of amides is 1. The fourth-order valence-electron chi connectivity index (χ4n) is 3.85. The highest BCUT2D eigenvalue weighted by Crippen LogP contribution is 2.36. The lowest BCUT2D eigenvalue weighted by Crippen LogP contribution is -2.52. The van der Waals surface area contributed by atoms with Crippen LogP contribution in [-0.2, 0) is 0 Å². The van der Waals surface area contributed by atoms with Gasteiger partial charge in [0.1, 0.15) is 22.3 Å². The van der Waals surface area contributed by atoms with E-state index < -0.39 is 35.7 Å². The Morgan fingerprint density at radius 3 is 2.52 bits per heavy atom. The van der Waals surface area contributed by atoms with Crippen LogP contribution in [0.25, 0.3) is 10.6 Å². The predicted octanol–water partition coefficient (Wildman–Crippen LogP) is 2.63. The lowest BCUT2D eigenvalue weighted by molar-refractivity contribution is 0.0800. The smallest absolute Gasteiger partial charge is 0.275 e. The third kappa shape index (κ3) is 4.33. The molecule has 3 aromatic rings. The molecule has 4 atom stereocenters. The van der Waals surface area contributed by atoms with Crippen molar-refractivity contribution in [2.45, 2.75) is 36.9 Å². The first-order chi connectivity index (χ1) is 14.8. The zero-order valence-electron chi connectivity index (χ0n) is 16.3. The lowest BCUT2D eigenvalue weighted by atomic mass is 9.77. The molecular formula is C21H21F2N5O2S. The molecule has 0 saturated heterocycles. The molecule has 10 heteroatoms. The molecule has 1 saturated carbocycles. The topological polar surface area (TPSA) is 127 Å². The zero-order chi connectivity index (χ0) is 22.1. The van der Waals surface area contributed by atoms with Crippen LogP contribution in [0.2, 0.25) is 0 Å². The third-order valence-electron chi connectivity index (χ3n) is 5.45. The highest BCUT2D eigenvalue weighted by atomic mass is 32.1. The summed E-state index contributed by atoms with van der Waals surface area (Å²) >= 11 is 0.975. The van der Waals surface area contributed by atoms with Crippen molar-refractivity contribution in [1.82, 2.24) is 9.97 Å². The SMILES string of the molecule is N[C@@H]1C[C@H](c2ccncc2NC(=O)c2csc(-c3c(F)cccc3F)n2)C[C@H](N)[C@H]1O. The minimum Gasteiger partial charge on any atom is -0.390 e. The second-order valence-electron chi connectivity index (χ2n) is 7.54. The highest BCUT2D eigenvalue weighted by Gasteiger charge is 2.34. The van der Waals surface area contributed by atoms with Crippen molar-refractivity contribution in [2.75, 3.05) is 5.32 Å². The first kappa shape index (κ1) is 21.4. The largest absolute Gasteiger partial charge is 0.390 e. The summed E-state index contributed by atoms with van der Waals surface area (Å²) in [4.78, 5) is 21.0. The van der Waals surface area contributed by atoms with Gasteiger partial charge in [0, 0.05) is 23.7 Å². The molecule has 1 aliphatic carbocycles. The van der Waals surface area contributed by atoms with Crippen molar-refractivity contribution < 1.29 is 18.7 Å². The van der Waals surface area contributed by atoms with Gasteiger partial charge in [0.2, 0.25) is 0 Å². The molecule has 1 aromatic carbocycles. The van der Waals surface area contributed by atoms with Crippen LogP contribution in [0.15, 0.2) is 42.0 Å². The van der Waals surface area contributed by atoms with Crippen LogP contribution in [0.1, 0.15) is 34.8 Å². The average Bonchev–Trinajstić information content (AvgIpc) is 3.22. The fourth-order valence-corrected chi connectivity index (χ4v) is 4.70. The maximum absolute atomic E-state index is 14.0. The molecule has 7 nitrogen and oxygen atoms in total. The number of aromatic nitrogens is 2. The van der Waals surface area contributed by atoms with E-state index in [9.17, 15) is 18.7 Å². The Morgan fingerprint density at radius 1 is 1.16 bits per heavy atom. The van der Waals surface area contributed by atoms with Gasteiger partial charge in [-0.25, -0.2) is 13.8 Å². The van der Waals surface area contributed by atoms with Gasteiger partial charge in [-0.2, -0.15) is 0 Å². The Kier molecular flexibility index (Phi) is 6.05. The number of nitrogens with zero attached hydrogens (tertiary/aromatic N) is 2. The number of halogens is 2. The van der Waals surface area contributed by atoms with E-state index in [-0.39, 0.29) is 22.2 Å². The summed E-state index contributed by atoms with van der Waals surface area (Å²) in [6, 6.07) is 4.38. The van der Waals surface area contributed by atoms with Crippen molar-refractivity contribution in [2.24, 2.45) is 11.5 Å². The predicted molar refractivity (Wildman–Crippen MR) is 114 cm³/mol. The van der Waals surface area contributed by atoms with E-state index >= 15 is 0 Å². The van der Waals surface area contributed by atoms with E-state index in [1.165, 1.54) is 17.6 Å². The van der Waals surface area contributed by atoms with Gasteiger partial charge in [0.05, 0.1) is 23.6 Å². The van der Waals surface area contributed by atoms with Crippen molar-refractivity contribution in [1.29, 1.82) is 0 Å².